The van der Waals surface area contributed by atoms with Gasteiger partial charge in [-0.3, -0.25) is 9.80 Å². The second-order valence-electron chi connectivity index (χ2n) is 6.14. The summed E-state index contributed by atoms with van der Waals surface area (Å²) < 4.78 is 17.1. The van der Waals surface area contributed by atoms with Crippen molar-refractivity contribution < 1.29 is 14.2 Å². The number of hydrogen-bond donors (Lipinski definition) is 0. The van der Waals surface area contributed by atoms with Crippen molar-refractivity contribution in [3.05, 3.63) is 35.9 Å². The summed E-state index contributed by atoms with van der Waals surface area (Å²) in [6.45, 7) is 10.1. The van der Waals surface area contributed by atoms with Gasteiger partial charge in [0, 0.05) is 39.3 Å². The third-order valence-electron chi connectivity index (χ3n) is 4.53. The number of ether oxygens (including phenoxy) is 3. The van der Waals surface area contributed by atoms with E-state index in [1.54, 1.807) is 0 Å². The Labute approximate surface area is 139 Å². The Bertz CT molecular complexity index is 431. The fraction of sp³-hybridized carbons (Fsp3) is 0.667. The lowest BCUT2D eigenvalue weighted by molar-refractivity contribution is -0.0269. The summed E-state index contributed by atoms with van der Waals surface area (Å²) >= 11 is 0. The monoisotopic (exact) mass is 320 g/mol. The fourth-order valence-corrected chi connectivity index (χ4v) is 3.09. The summed E-state index contributed by atoms with van der Waals surface area (Å²) in [6, 6.07) is 10.6. The summed E-state index contributed by atoms with van der Waals surface area (Å²) in [5.41, 5.74) is 1.26. The van der Waals surface area contributed by atoms with E-state index >= 15 is 0 Å². The number of benzene rings is 1. The van der Waals surface area contributed by atoms with Gasteiger partial charge in [-0.1, -0.05) is 30.3 Å². The van der Waals surface area contributed by atoms with Crippen LogP contribution in [0.1, 0.15) is 11.7 Å². The standard InChI is InChI=1S/C18H28N2O3/c1-2-4-17(5-3-1)18(16-20-8-13-22-14-9-20)23-15-10-19-6-11-21-12-7-19/h1-5,18H,6-16H2. The molecule has 0 radical (unpaired) electrons. The highest BCUT2D eigenvalue weighted by Gasteiger charge is 2.19. The van der Waals surface area contributed by atoms with Crippen LogP contribution in [0.15, 0.2) is 30.3 Å². The quantitative estimate of drug-likeness (QED) is 0.759. The molecule has 0 spiro atoms. The summed E-state index contributed by atoms with van der Waals surface area (Å²) in [5, 5.41) is 0. The zero-order chi connectivity index (χ0) is 15.7. The Kier molecular flexibility index (Phi) is 6.85. The Morgan fingerprint density at radius 2 is 1.48 bits per heavy atom. The van der Waals surface area contributed by atoms with E-state index in [0.717, 1.165) is 72.3 Å². The Hall–Kier alpha value is -0.980. The van der Waals surface area contributed by atoms with Gasteiger partial charge in [0.2, 0.25) is 0 Å². The van der Waals surface area contributed by atoms with E-state index in [4.69, 9.17) is 14.2 Å². The molecule has 3 rings (SSSR count). The maximum absolute atomic E-state index is 6.27. The first-order valence-corrected chi connectivity index (χ1v) is 8.68. The summed E-state index contributed by atoms with van der Waals surface area (Å²) in [7, 11) is 0. The molecule has 1 aromatic rings. The molecule has 0 amide bonds. The topological polar surface area (TPSA) is 34.2 Å². The van der Waals surface area contributed by atoms with Crippen LogP contribution in [-0.2, 0) is 14.2 Å². The summed E-state index contributed by atoms with van der Waals surface area (Å²) in [5.74, 6) is 0. The van der Waals surface area contributed by atoms with Crippen molar-refractivity contribution in [1.82, 2.24) is 9.80 Å². The van der Waals surface area contributed by atoms with Crippen LogP contribution in [-0.4, -0.2) is 82.1 Å². The van der Waals surface area contributed by atoms with Crippen LogP contribution >= 0.6 is 0 Å². The molecule has 2 aliphatic rings. The minimum Gasteiger partial charge on any atom is -0.379 e. The van der Waals surface area contributed by atoms with Gasteiger partial charge in [0.05, 0.1) is 39.1 Å². The molecule has 1 atom stereocenters. The van der Waals surface area contributed by atoms with Crippen LogP contribution in [0.5, 0.6) is 0 Å². The largest absolute Gasteiger partial charge is 0.379 e. The van der Waals surface area contributed by atoms with E-state index in [-0.39, 0.29) is 6.10 Å². The molecular weight excluding hydrogens is 292 g/mol. The molecule has 0 bridgehead atoms. The van der Waals surface area contributed by atoms with E-state index < -0.39 is 0 Å². The van der Waals surface area contributed by atoms with E-state index in [0.29, 0.717) is 0 Å². The zero-order valence-electron chi connectivity index (χ0n) is 13.9. The molecule has 0 saturated carbocycles. The van der Waals surface area contributed by atoms with Gasteiger partial charge in [-0.05, 0) is 5.56 Å². The van der Waals surface area contributed by atoms with Gasteiger partial charge in [0.25, 0.3) is 0 Å². The SMILES string of the molecule is c1ccc(C(CN2CCOCC2)OCCN2CCOCC2)cc1. The van der Waals surface area contributed by atoms with Crippen LogP contribution in [0.2, 0.25) is 0 Å². The highest BCUT2D eigenvalue weighted by Crippen LogP contribution is 2.19. The first-order valence-electron chi connectivity index (χ1n) is 8.68. The third kappa shape index (κ3) is 5.55. The van der Waals surface area contributed by atoms with Crippen molar-refractivity contribution >= 4 is 0 Å². The predicted molar refractivity (Wildman–Crippen MR) is 89.7 cm³/mol. The second kappa shape index (κ2) is 9.35. The minimum absolute atomic E-state index is 0.135. The predicted octanol–water partition coefficient (Wildman–Crippen LogP) is 1.41. The maximum Gasteiger partial charge on any atom is 0.0952 e. The van der Waals surface area contributed by atoms with Crippen molar-refractivity contribution in [1.29, 1.82) is 0 Å². The van der Waals surface area contributed by atoms with Crippen LogP contribution in [0, 0.1) is 0 Å². The van der Waals surface area contributed by atoms with Crippen molar-refractivity contribution in [2.75, 3.05) is 72.3 Å². The molecule has 1 aromatic carbocycles. The van der Waals surface area contributed by atoms with Gasteiger partial charge in [-0.2, -0.15) is 0 Å². The maximum atomic E-state index is 6.27. The highest BCUT2D eigenvalue weighted by molar-refractivity contribution is 5.18. The molecule has 0 aromatic heterocycles. The number of rotatable bonds is 7. The average molecular weight is 320 g/mol. The molecule has 5 heteroatoms. The van der Waals surface area contributed by atoms with Crippen molar-refractivity contribution in [2.45, 2.75) is 6.10 Å². The first kappa shape index (κ1) is 16.9. The summed E-state index contributed by atoms with van der Waals surface area (Å²) in [6.07, 6.45) is 0.135. The first-order chi connectivity index (χ1) is 11.4. The Balaban J connectivity index is 1.51. The van der Waals surface area contributed by atoms with Gasteiger partial charge in [-0.15, -0.1) is 0 Å². The molecule has 5 nitrogen and oxygen atoms in total. The lowest BCUT2D eigenvalue weighted by Gasteiger charge is -2.31. The molecule has 2 aliphatic heterocycles. The van der Waals surface area contributed by atoms with Crippen LogP contribution in [0.25, 0.3) is 0 Å². The van der Waals surface area contributed by atoms with Crippen molar-refractivity contribution in [3.63, 3.8) is 0 Å². The Morgan fingerprint density at radius 3 is 2.13 bits per heavy atom. The number of hydrogen-bond acceptors (Lipinski definition) is 5. The molecule has 1 unspecified atom stereocenters. The van der Waals surface area contributed by atoms with Gasteiger partial charge < -0.3 is 14.2 Å². The molecular formula is C18H28N2O3. The molecule has 2 heterocycles. The Morgan fingerprint density at radius 1 is 0.870 bits per heavy atom. The van der Waals surface area contributed by atoms with Crippen molar-refractivity contribution in [3.8, 4) is 0 Å². The van der Waals surface area contributed by atoms with Crippen molar-refractivity contribution in [2.24, 2.45) is 0 Å². The normalized spacial score (nSPS) is 22.1. The molecule has 23 heavy (non-hydrogen) atoms. The molecule has 0 N–H and O–H groups in total. The van der Waals surface area contributed by atoms with Gasteiger partial charge >= 0.3 is 0 Å². The molecule has 0 aliphatic carbocycles. The van der Waals surface area contributed by atoms with Gasteiger partial charge in [0.1, 0.15) is 0 Å². The number of morpholine rings is 2. The zero-order valence-corrected chi connectivity index (χ0v) is 13.9. The van der Waals surface area contributed by atoms with E-state index in [1.165, 1.54) is 5.56 Å². The highest BCUT2D eigenvalue weighted by atomic mass is 16.5. The molecule has 128 valence electrons. The van der Waals surface area contributed by atoms with E-state index in [2.05, 4.69) is 40.1 Å². The smallest absolute Gasteiger partial charge is 0.0952 e. The van der Waals surface area contributed by atoms with Gasteiger partial charge in [-0.25, -0.2) is 0 Å². The van der Waals surface area contributed by atoms with Crippen LogP contribution < -0.4 is 0 Å². The van der Waals surface area contributed by atoms with E-state index in [9.17, 15) is 0 Å². The van der Waals surface area contributed by atoms with Gasteiger partial charge in [0.15, 0.2) is 0 Å². The molecule has 2 fully saturated rings. The summed E-state index contributed by atoms with van der Waals surface area (Å²) in [4.78, 5) is 4.86. The van der Waals surface area contributed by atoms with Crippen LogP contribution in [0.4, 0.5) is 0 Å². The fourth-order valence-electron chi connectivity index (χ4n) is 3.09. The lowest BCUT2D eigenvalue weighted by Crippen LogP contribution is -2.40. The lowest BCUT2D eigenvalue weighted by atomic mass is 10.1. The second-order valence-corrected chi connectivity index (χ2v) is 6.14. The average Bonchev–Trinajstić information content (AvgIpc) is 2.63. The third-order valence-corrected chi connectivity index (χ3v) is 4.53. The minimum atomic E-state index is 0.135. The number of nitrogens with zero attached hydrogens (tertiary/aromatic N) is 2. The molecule has 2 saturated heterocycles. The van der Waals surface area contributed by atoms with E-state index in [1.807, 2.05) is 0 Å². The van der Waals surface area contributed by atoms with Crippen LogP contribution in [0.3, 0.4) is 0 Å².